The molecule has 0 aromatic carbocycles. The van der Waals surface area contributed by atoms with Crippen LogP contribution in [0.25, 0.3) is 0 Å². The summed E-state index contributed by atoms with van der Waals surface area (Å²) < 4.78 is 3.07. The van der Waals surface area contributed by atoms with Gasteiger partial charge in [-0.25, -0.2) is 4.98 Å². The molecule has 17 heavy (non-hydrogen) atoms. The molecule has 2 aromatic heterocycles. The van der Waals surface area contributed by atoms with Gasteiger partial charge in [-0.15, -0.1) is 11.3 Å². The van der Waals surface area contributed by atoms with Crippen LogP contribution in [-0.4, -0.2) is 14.7 Å². The molecule has 2 aromatic rings. The molecule has 2 rings (SSSR count). The number of rotatable bonds is 4. The van der Waals surface area contributed by atoms with Crippen LogP contribution in [-0.2, 0) is 6.42 Å². The van der Waals surface area contributed by atoms with E-state index in [4.69, 9.17) is 0 Å². The number of hydrogen-bond acceptors (Lipinski definition) is 3. The van der Waals surface area contributed by atoms with Gasteiger partial charge in [0.15, 0.2) is 0 Å². The molecule has 92 valence electrons. The Hall–Kier alpha value is -0.650. The van der Waals surface area contributed by atoms with Gasteiger partial charge in [-0.3, -0.25) is 0 Å². The maximum Gasteiger partial charge on any atom is 0.100 e. The normalized spacial score (nSPS) is 13.2. The largest absolute Gasteiger partial charge is 0.386 e. The van der Waals surface area contributed by atoms with E-state index in [0.717, 1.165) is 15.0 Å². The molecule has 3 nitrogen and oxygen atoms in total. The van der Waals surface area contributed by atoms with Crippen molar-refractivity contribution < 1.29 is 5.11 Å². The molecular weight excluding hydrogens is 300 g/mol. The third-order valence-corrected chi connectivity index (χ3v) is 4.61. The number of thiophene rings is 1. The van der Waals surface area contributed by atoms with Gasteiger partial charge >= 0.3 is 0 Å². The van der Waals surface area contributed by atoms with Crippen LogP contribution < -0.4 is 0 Å². The summed E-state index contributed by atoms with van der Waals surface area (Å²) in [7, 11) is 0. The molecule has 1 N–H and O–H groups in total. The number of imidazole rings is 1. The first-order valence-electron chi connectivity index (χ1n) is 5.51. The van der Waals surface area contributed by atoms with Crippen molar-refractivity contribution in [3.63, 3.8) is 0 Å². The first kappa shape index (κ1) is 12.8. The molecule has 0 spiro atoms. The summed E-state index contributed by atoms with van der Waals surface area (Å²) in [6, 6.07) is 2.32. The molecule has 0 bridgehead atoms. The molecule has 2 heterocycles. The Labute approximate surface area is 113 Å². The lowest BCUT2D eigenvalue weighted by molar-refractivity contribution is 0.168. The fraction of sp³-hybridized carbons (Fsp3) is 0.417. The van der Waals surface area contributed by atoms with Crippen LogP contribution in [0.5, 0.6) is 0 Å². The number of halogens is 1. The molecule has 0 aliphatic heterocycles. The van der Waals surface area contributed by atoms with Crippen LogP contribution in [0.3, 0.4) is 0 Å². The maximum atomic E-state index is 10.3. The molecule has 0 saturated carbocycles. The van der Waals surface area contributed by atoms with E-state index in [1.54, 1.807) is 23.9 Å². The van der Waals surface area contributed by atoms with Gasteiger partial charge in [0.1, 0.15) is 6.10 Å². The summed E-state index contributed by atoms with van der Waals surface area (Å²) in [6.45, 7) is 4.16. The van der Waals surface area contributed by atoms with Crippen LogP contribution in [0.2, 0.25) is 0 Å². The number of nitrogens with zero attached hydrogens (tertiary/aromatic N) is 2. The predicted octanol–water partition coefficient (Wildman–Crippen LogP) is 3.56. The molecular formula is C12H15BrN2OS. The minimum absolute atomic E-state index is 0.314. The van der Waals surface area contributed by atoms with Crippen molar-refractivity contribution in [3.05, 3.63) is 39.0 Å². The van der Waals surface area contributed by atoms with E-state index in [1.807, 2.05) is 16.0 Å². The highest BCUT2D eigenvalue weighted by molar-refractivity contribution is 9.10. The Bertz CT molecular complexity index is 492. The van der Waals surface area contributed by atoms with Crippen LogP contribution in [0.1, 0.15) is 36.6 Å². The van der Waals surface area contributed by atoms with Gasteiger partial charge in [-0.05, 0) is 41.2 Å². The topological polar surface area (TPSA) is 38.0 Å². The summed E-state index contributed by atoms with van der Waals surface area (Å²) in [5.74, 6) is 0. The van der Waals surface area contributed by atoms with Crippen molar-refractivity contribution in [1.82, 2.24) is 9.55 Å². The highest BCUT2D eigenvalue weighted by atomic mass is 79.9. The van der Waals surface area contributed by atoms with Crippen molar-refractivity contribution in [3.8, 4) is 0 Å². The summed E-state index contributed by atoms with van der Waals surface area (Å²) in [5, 5.41) is 12.3. The Morgan fingerprint density at radius 2 is 2.29 bits per heavy atom. The number of aliphatic hydroxyl groups excluding tert-OH is 1. The van der Waals surface area contributed by atoms with Gasteiger partial charge in [0.2, 0.25) is 0 Å². The smallest absolute Gasteiger partial charge is 0.100 e. The minimum Gasteiger partial charge on any atom is -0.386 e. The molecule has 0 amide bonds. The van der Waals surface area contributed by atoms with E-state index in [-0.39, 0.29) is 0 Å². The van der Waals surface area contributed by atoms with Crippen LogP contribution in [0.4, 0.5) is 0 Å². The number of aliphatic hydroxyl groups is 1. The third kappa shape index (κ3) is 2.78. The van der Waals surface area contributed by atoms with Gasteiger partial charge in [-0.1, -0.05) is 0 Å². The highest BCUT2D eigenvalue weighted by Crippen LogP contribution is 2.28. The monoisotopic (exact) mass is 314 g/mol. The van der Waals surface area contributed by atoms with Crippen LogP contribution in [0.15, 0.2) is 28.4 Å². The van der Waals surface area contributed by atoms with E-state index >= 15 is 0 Å². The van der Waals surface area contributed by atoms with Gasteiger partial charge in [0, 0.05) is 21.8 Å². The number of aromatic nitrogens is 2. The zero-order chi connectivity index (χ0) is 12.4. The van der Waals surface area contributed by atoms with Crippen molar-refractivity contribution in [2.45, 2.75) is 32.4 Å². The Kier molecular flexibility index (Phi) is 4.01. The quantitative estimate of drug-likeness (QED) is 0.937. The average Bonchev–Trinajstić information content (AvgIpc) is 2.87. The van der Waals surface area contributed by atoms with Gasteiger partial charge in [-0.2, -0.15) is 0 Å². The second-order valence-corrected chi connectivity index (χ2v) is 6.09. The van der Waals surface area contributed by atoms with Gasteiger partial charge in [0.25, 0.3) is 0 Å². The zero-order valence-corrected chi connectivity index (χ0v) is 12.2. The predicted molar refractivity (Wildman–Crippen MR) is 73.3 cm³/mol. The van der Waals surface area contributed by atoms with Crippen molar-refractivity contribution >= 4 is 27.3 Å². The first-order valence-corrected chi connectivity index (χ1v) is 7.18. The molecule has 5 heteroatoms. The molecule has 0 aliphatic rings. The average molecular weight is 315 g/mol. The van der Waals surface area contributed by atoms with E-state index in [2.05, 4.69) is 34.8 Å². The third-order valence-electron chi connectivity index (χ3n) is 2.66. The molecule has 0 saturated heterocycles. The lowest BCUT2D eigenvalue weighted by Crippen LogP contribution is -2.10. The van der Waals surface area contributed by atoms with Crippen LogP contribution >= 0.6 is 27.3 Å². The van der Waals surface area contributed by atoms with Crippen molar-refractivity contribution in [2.75, 3.05) is 0 Å². The summed E-state index contributed by atoms with van der Waals surface area (Å²) >= 11 is 5.14. The van der Waals surface area contributed by atoms with Crippen molar-refractivity contribution in [2.24, 2.45) is 0 Å². The first-order chi connectivity index (χ1) is 8.09. The lowest BCUT2D eigenvalue weighted by Gasteiger charge is -2.16. The molecule has 0 aliphatic carbocycles. The van der Waals surface area contributed by atoms with E-state index in [0.29, 0.717) is 12.5 Å². The second kappa shape index (κ2) is 5.33. The summed E-state index contributed by atoms with van der Waals surface area (Å²) in [6.07, 6.45) is 3.63. The van der Waals surface area contributed by atoms with E-state index < -0.39 is 6.10 Å². The Morgan fingerprint density at radius 1 is 1.53 bits per heavy atom. The molecule has 0 fully saturated rings. The summed E-state index contributed by atoms with van der Waals surface area (Å²) in [4.78, 5) is 5.27. The van der Waals surface area contributed by atoms with E-state index in [1.165, 1.54) is 0 Å². The van der Waals surface area contributed by atoms with Crippen molar-refractivity contribution in [1.29, 1.82) is 0 Å². The summed E-state index contributed by atoms with van der Waals surface area (Å²) in [5.41, 5.74) is 0.875. The molecule has 1 unspecified atom stereocenters. The maximum absolute atomic E-state index is 10.3. The second-order valence-electron chi connectivity index (χ2n) is 4.23. The number of hydrogen-bond donors (Lipinski definition) is 1. The standard InChI is InChI=1S/C12H15BrN2OS/c1-8(2)15-7-14-6-10(15)11(16)5-12-9(13)3-4-17-12/h3-4,6-8,11,16H,5H2,1-2H3. The SMILES string of the molecule is CC(C)n1cncc1C(O)Cc1sccc1Br. The van der Waals surface area contributed by atoms with Crippen LogP contribution in [0, 0.1) is 0 Å². The fourth-order valence-electron chi connectivity index (χ4n) is 1.76. The van der Waals surface area contributed by atoms with E-state index in [9.17, 15) is 5.11 Å². The van der Waals surface area contributed by atoms with Gasteiger partial charge < -0.3 is 9.67 Å². The zero-order valence-electron chi connectivity index (χ0n) is 9.80. The minimum atomic E-state index is -0.505. The molecule has 1 atom stereocenters. The lowest BCUT2D eigenvalue weighted by atomic mass is 10.1. The highest BCUT2D eigenvalue weighted by Gasteiger charge is 2.16. The molecule has 0 radical (unpaired) electrons. The van der Waals surface area contributed by atoms with Gasteiger partial charge in [0.05, 0.1) is 18.2 Å². The fourth-order valence-corrected chi connectivity index (χ4v) is 3.31. The Morgan fingerprint density at radius 3 is 2.88 bits per heavy atom. The Balaban J connectivity index is 2.17.